The second kappa shape index (κ2) is 8.98. The third-order valence-electron chi connectivity index (χ3n) is 2.45. The van der Waals surface area contributed by atoms with E-state index in [-0.39, 0.29) is 16.4 Å². The molecule has 0 aliphatic rings. The number of alkyl halides is 2. The smallest absolute Gasteiger partial charge is 0.302 e. The van der Waals surface area contributed by atoms with Crippen LogP contribution in [0.25, 0.3) is 0 Å². The lowest BCUT2D eigenvalue weighted by Gasteiger charge is -2.21. The van der Waals surface area contributed by atoms with Crippen LogP contribution < -0.4 is 0 Å². The molecule has 0 rings (SSSR count). The molecule has 0 spiro atoms. The van der Waals surface area contributed by atoms with Crippen molar-refractivity contribution in [2.24, 2.45) is 5.92 Å². The molecule has 2 nitrogen and oxygen atoms in total. The Balaban J connectivity index is 4.07. The topological polar surface area (TPSA) is 26.3 Å². The molecule has 0 saturated heterocycles. The molecule has 3 atom stereocenters. The van der Waals surface area contributed by atoms with E-state index in [4.69, 9.17) is 16.3 Å². The van der Waals surface area contributed by atoms with Gasteiger partial charge in [-0.1, -0.05) is 34.5 Å². The van der Waals surface area contributed by atoms with E-state index in [1.807, 2.05) is 0 Å². The SMILES string of the molecule is CC(=O)OC(CC(C)CCC=C(C)C)C(Cl)Br. The highest BCUT2D eigenvalue weighted by Gasteiger charge is 2.22. The van der Waals surface area contributed by atoms with Crippen LogP contribution in [0.1, 0.15) is 47.0 Å². The normalized spacial score (nSPS) is 15.9. The van der Waals surface area contributed by atoms with E-state index in [2.05, 4.69) is 42.8 Å². The second-order valence-corrected chi connectivity index (χ2v) is 6.67. The van der Waals surface area contributed by atoms with Gasteiger partial charge in [-0.25, -0.2) is 0 Å². The van der Waals surface area contributed by atoms with Crippen LogP contribution in [0.5, 0.6) is 0 Å². The van der Waals surface area contributed by atoms with Gasteiger partial charge in [-0.15, -0.1) is 11.6 Å². The number of hydrogen-bond donors (Lipinski definition) is 0. The highest BCUT2D eigenvalue weighted by Crippen LogP contribution is 2.23. The molecular formula is C13H22BrClO2. The van der Waals surface area contributed by atoms with Crippen molar-refractivity contribution in [2.75, 3.05) is 0 Å². The first-order valence-electron chi connectivity index (χ1n) is 5.91. The monoisotopic (exact) mass is 324 g/mol. The number of hydrogen-bond acceptors (Lipinski definition) is 2. The van der Waals surface area contributed by atoms with Crippen molar-refractivity contribution in [1.29, 1.82) is 0 Å². The summed E-state index contributed by atoms with van der Waals surface area (Å²) in [6, 6.07) is 0. The van der Waals surface area contributed by atoms with Crippen LogP contribution in [0.3, 0.4) is 0 Å². The summed E-state index contributed by atoms with van der Waals surface area (Å²) in [7, 11) is 0. The number of carbonyl (C=O) groups excluding carboxylic acids is 1. The van der Waals surface area contributed by atoms with E-state index in [0.29, 0.717) is 5.92 Å². The second-order valence-electron chi connectivity index (χ2n) is 4.68. The Morgan fingerprint density at radius 3 is 2.41 bits per heavy atom. The van der Waals surface area contributed by atoms with Gasteiger partial charge in [-0.3, -0.25) is 4.79 Å². The maximum atomic E-state index is 10.9. The van der Waals surface area contributed by atoms with Gasteiger partial charge in [0.25, 0.3) is 0 Å². The van der Waals surface area contributed by atoms with Crippen molar-refractivity contribution in [3.63, 3.8) is 0 Å². The van der Waals surface area contributed by atoms with Gasteiger partial charge in [-0.2, -0.15) is 0 Å². The Labute approximate surface area is 118 Å². The van der Waals surface area contributed by atoms with Crippen molar-refractivity contribution >= 4 is 33.5 Å². The fraction of sp³-hybridized carbons (Fsp3) is 0.769. The molecule has 0 aromatic carbocycles. The van der Waals surface area contributed by atoms with Gasteiger partial charge in [0.05, 0.1) is 0 Å². The zero-order valence-corrected chi connectivity index (χ0v) is 13.3. The van der Waals surface area contributed by atoms with Crippen LogP contribution in [0, 0.1) is 5.92 Å². The van der Waals surface area contributed by atoms with Crippen molar-refractivity contribution in [1.82, 2.24) is 0 Å². The first-order chi connectivity index (χ1) is 7.82. The van der Waals surface area contributed by atoms with Gasteiger partial charge in [0, 0.05) is 6.92 Å². The van der Waals surface area contributed by atoms with Crippen molar-refractivity contribution in [2.45, 2.75) is 57.3 Å². The minimum Gasteiger partial charge on any atom is -0.460 e. The lowest BCUT2D eigenvalue weighted by Crippen LogP contribution is -2.25. The predicted molar refractivity (Wildman–Crippen MR) is 76.6 cm³/mol. The molecular weight excluding hydrogens is 303 g/mol. The highest BCUT2D eigenvalue weighted by molar-refractivity contribution is 9.10. The summed E-state index contributed by atoms with van der Waals surface area (Å²) in [6.45, 7) is 7.76. The van der Waals surface area contributed by atoms with Gasteiger partial charge in [0.2, 0.25) is 0 Å². The minimum absolute atomic E-state index is 0.254. The summed E-state index contributed by atoms with van der Waals surface area (Å²) < 4.78 is 4.85. The van der Waals surface area contributed by atoms with E-state index in [9.17, 15) is 4.79 Å². The predicted octanol–water partition coefficient (Wildman–Crippen LogP) is 4.65. The Morgan fingerprint density at radius 1 is 1.41 bits per heavy atom. The summed E-state index contributed by atoms with van der Waals surface area (Å²) in [6.07, 6.45) is 4.90. The number of ether oxygens (including phenoxy) is 1. The number of carbonyl (C=O) groups is 1. The van der Waals surface area contributed by atoms with E-state index < -0.39 is 0 Å². The maximum Gasteiger partial charge on any atom is 0.302 e. The molecule has 0 N–H and O–H groups in total. The summed E-state index contributed by atoms with van der Waals surface area (Å²) in [4.78, 5) is 10.9. The Bertz CT molecular complexity index is 260. The molecule has 0 amide bonds. The molecule has 0 saturated carbocycles. The van der Waals surface area contributed by atoms with E-state index in [1.165, 1.54) is 12.5 Å². The summed E-state index contributed by atoms with van der Waals surface area (Å²) >= 11 is 9.21. The van der Waals surface area contributed by atoms with Crippen LogP contribution in [0.4, 0.5) is 0 Å². The zero-order valence-electron chi connectivity index (χ0n) is 11.0. The highest BCUT2D eigenvalue weighted by atomic mass is 79.9. The van der Waals surface area contributed by atoms with Crippen LogP contribution in [0.2, 0.25) is 0 Å². The molecule has 0 aromatic heterocycles. The summed E-state index contributed by atoms with van der Waals surface area (Å²) in [5.41, 5.74) is 1.34. The molecule has 0 aliphatic heterocycles. The van der Waals surface area contributed by atoms with E-state index in [1.54, 1.807) is 0 Å². The molecule has 0 fully saturated rings. The molecule has 17 heavy (non-hydrogen) atoms. The maximum absolute atomic E-state index is 10.9. The molecule has 100 valence electrons. The molecule has 0 heterocycles. The third-order valence-corrected chi connectivity index (χ3v) is 3.32. The number of allylic oxidation sites excluding steroid dienone is 2. The van der Waals surface area contributed by atoms with Crippen molar-refractivity contribution in [3.8, 4) is 0 Å². The molecule has 4 heteroatoms. The molecule has 0 radical (unpaired) electrons. The van der Waals surface area contributed by atoms with Gasteiger partial charge < -0.3 is 4.74 Å². The first kappa shape index (κ1) is 17.0. The fourth-order valence-corrected chi connectivity index (χ4v) is 2.06. The van der Waals surface area contributed by atoms with Gasteiger partial charge in [0.15, 0.2) is 0 Å². The van der Waals surface area contributed by atoms with Crippen LogP contribution >= 0.6 is 27.5 Å². The largest absolute Gasteiger partial charge is 0.460 e. The first-order valence-corrected chi connectivity index (χ1v) is 7.26. The number of halogens is 2. The lowest BCUT2D eigenvalue weighted by molar-refractivity contribution is -0.146. The van der Waals surface area contributed by atoms with E-state index >= 15 is 0 Å². The van der Waals surface area contributed by atoms with Crippen molar-refractivity contribution < 1.29 is 9.53 Å². The van der Waals surface area contributed by atoms with Gasteiger partial charge in [-0.05, 0) is 39.0 Å². The van der Waals surface area contributed by atoms with Crippen LogP contribution in [-0.2, 0) is 9.53 Å². The Kier molecular flexibility index (Phi) is 8.97. The average molecular weight is 326 g/mol. The fourth-order valence-electron chi connectivity index (χ4n) is 1.59. The zero-order chi connectivity index (χ0) is 13.4. The lowest BCUT2D eigenvalue weighted by atomic mass is 9.98. The van der Waals surface area contributed by atoms with Gasteiger partial charge in [0.1, 0.15) is 10.4 Å². The standard InChI is InChI=1S/C13H22BrClO2/c1-9(2)6-5-7-10(3)8-12(13(14)15)17-11(4)16/h6,10,12-13H,5,7-8H2,1-4H3. The number of rotatable bonds is 7. The van der Waals surface area contributed by atoms with Crippen LogP contribution in [0.15, 0.2) is 11.6 Å². The summed E-state index contributed by atoms with van der Waals surface area (Å²) in [5.74, 6) is 0.199. The van der Waals surface area contributed by atoms with Crippen LogP contribution in [-0.4, -0.2) is 16.4 Å². The number of esters is 1. The Morgan fingerprint density at radius 2 is 2.00 bits per heavy atom. The van der Waals surface area contributed by atoms with Gasteiger partial charge >= 0.3 is 5.97 Å². The third kappa shape index (κ3) is 9.66. The van der Waals surface area contributed by atoms with E-state index in [0.717, 1.165) is 19.3 Å². The molecule has 0 aliphatic carbocycles. The average Bonchev–Trinajstić information content (AvgIpc) is 2.15. The quantitative estimate of drug-likeness (QED) is 0.387. The molecule has 3 unspecified atom stereocenters. The Hall–Kier alpha value is -0.0200. The summed E-state index contributed by atoms with van der Waals surface area (Å²) in [5, 5.41) is 0. The molecule has 0 aromatic rings. The van der Waals surface area contributed by atoms with Crippen molar-refractivity contribution in [3.05, 3.63) is 11.6 Å². The molecule has 0 bridgehead atoms. The minimum atomic E-state index is -0.322.